The van der Waals surface area contributed by atoms with E-state index in [4.69, 9.17) is 4.74 Å². The maximum Gasteiger partial charge on any atom is 0.346 e. The molecule has 0 amide bonds. The molecule has 0 fully saturated rings. The predicted octanol–water partition coefficient (Wildman–Crippen LogP) is 5.48. The van der Waals surface area contributed by atoms with Crippen molar-refractivity contribution in [2.75, 3.05) is 0 Å². The normalized spacial score (nSPS) is 12.9. The van der Waals surface area contributed by atoms with Crippen LogP contribution in [0.25, 0.3) is 33.0 Å². The molecule has 0 radical (unpaired) electrons. The Morgan fingerprint density at radius 2 is 0.815 bits per heavy atom. The summed E-state index contributed by atoms with van der Waals surface area (Å²) < 4.78 is 4.92. The van der Waals surface area contributed by atoms with E-state index in [1.54, 1.807) is 12.1 Å². The number of cyclic esters (lactones) is 2. The number of rotatable bonds is 2. The van der Waals surface area contributed by atoms with Crippen molar-refractivity contribution < 1.29 is 14.3 Å². The second-order valence-electron chi connectivity index (χ2n) is 6.48. The van der Waals surface area contributed by atoms with E-state index in [0.717, 1.165) is 27.6 Å². The van der Waals surface area contributed by atoms with Gasteiger partial charge >= 0.3 is 11.9 Å². The van der Waals surface area contributed by atoms with Crippen LogP contribution in [0, 0.1) is 0 Å². The third kappa shape index (κ3) is 2.36. The average molecular weight is 350 g/mol. The Morgan fingerprint density at radius 3 is 1.26 bits per heavy atom. The van der Waals surface area contributed by atoms with E-state index in [-0.39, 0.29) is 0 Å². The van der Waals surface area contributed by atoms with Crippen LogP contribution in [0.4, 0.5) is 0 Å². The first-order chi connectivity index (χ1) is 13.2. The van der Waals surface area contributed by atoms with Crippen molar-refractivity contribution in [1.29, 1.82) is 0 Å². The molecule has 0 atom stereocenters. The Hall–Kier alpha value is -3.72. The molecule has 1 aliphatic heterocycles. The van der Waals surface area contributed by atoms with Crippen LogP contribution in [-0.2, 0) is 4.74 Å². The molecule has 3 heteroatoms. The Morgan fingerprint density at radius 1 is 0.444 bits per heavy atom. The minimum Gasteiger partial charge on any atom is -0.386 e. The zero-order valence-corrected chi connectivity index (χ0v) is 14.3. The van der Waals surface area contributed by atoms with Crippen molar-refractivity contribution in [3.63, 3.8) is 0 Å². The zero-order chi connectivity index (χ0) is 18.4. The van der Waals surface area contributed by atoms with Gasteiger partial charge in [-0.15, -0.1) is 0 Å². The van der Waals surface area contributed by atoms with Crippen molar-refractivity contribution in [1.82, 2.24) is 0 Å². The van der Waals surface area contributed by atoms with Crippen LogP contribution < -0.4 is 0 Å². The number of hydrogen-bond donors (Lipinski definition) is 0. The summed E-state index contributed by atoms with van der Waals surface area (Å²) in [6.07, 6.45) is 0. The maximum atomic E-state index is 12.3. The van der Waals surface area contributed by atoms with E-state index in [0.29, 0.717) is 16.5 Å². The molecule has 0 N–H and O–H groups in total. The minimum atomic E-state index is -0.595. The highest BCUT2D eigenvalue weighted by Crippen LogP contribution is 2.41. The van der Waals surface area contributed by atoms with Gasteiger partial charge in [0.2, 0.25) is 0 Å². The van der Waals surface area contributed by atoms with Crippen LogP contribution in [0.1, 0.15) is 20.7 Å². The summed E-state index contributed by atoms with van der Waals surface area (Å²) in [5.41, 5.74) is 4.89. The van der Waals surface area contributed by atoms with E-state index in [9.17, 15) is 9.59 Å². The summed E-state index contributed by atoms with van der Waals surface area (Å²) in [6, 6.07) is 27.3. The van der Waals surface area contributed by atoms with Crippen LogP contribution in [0.3, 0.4) is 0 Å². The molecule has 4 aromatic carbocycles. The minimum absolute atomic E-state index is 0.428. The van der Waals surface area contributed by atoms with Crippen molar-refractivity contribution in [2.24, 2.45) is 0 Å². The van der Waals surface area contributed by atoms with Crippen molar-refractivity contribution in [2.45, 2.75) is 0 Å². The van der Waals surface area contributed by atoms with Gasteiger partial charge in [-0.05, 0) is 39.8 Å². The number of benzene rings is 4. The molecule has 0 saturated carbocycles. The van der Waals surface area contributed by atoms with Gasteiger partial charge in [0.25, 0.3) is 0 Å². The van der Waals surface area contributed by atoms with Crippen molar-refractivity contribution >= 4 is 22.7 Å². The highest BCUT2D eigenvalue weighted by Gasteiger charge is 2.29. The van der Waals surface area contributed by atoms with Gasteiger partial charge in [-0.2, -0.15) is 0 Å². The van der Waals surface area contributed by atoms with Gasteiger partial charge in [0.1, 0.15) is 0 Å². The van der Waals surface area contributed by atoms with Gasteiger partial charge in [-0.1, -0.05) is 72.8 Å². The Balaban J connectivity index is 1.97. The zero-order valence-electron chi connectivity index (χ0n) is 14.3. The second-order valence-corrected chi connectivity index (χ2v) is 6.48. The molecule has 1 aliphatic rings. The molecule has 0 spiro atoms. The molecule has 0 unspecified atom stereocenters. The lowest BCUT2D eigenvalue weighted by molar-refractivity contribution is 0.0391. The number of hydrogen-bond acceptors (Lipinski definition) is 3. The SMILES string of the molecule is O=C1OC(=O)c2ccc(-c3ccccc3)c3c(-c4ccccc4)ccc1c23. The number of carbonyl (C=O) groups is 2. The molecule has 5 rings (SSSR count). The molecular formula is C24H14O3. The first-order valence-corrected chi connectivity index (χ1v) is 8.71. The summed E-state index contributed by atoms with van der Waals surface area (Å²) in [6.45, 7) is 0. The van der Waals surface area contributed by atoms with Gasteiger partial charge in [0.05, 0.1) is 11.1 Å². The first kappa shape index (κ1) is 15.5. The fourth-order valence-corrected chi connectivity index (χ4v) is 3.75. The monoisotopic (exact) mass is 350 g/mol. The molecule has 0 aliphatic carbocycles. The lowest BCUT2D eigenvalue weighted by Gasteiger charge is -2.20. The summed E-state index contributed by atoms with van der Waals surface area (Å²) in [5, 5.41) is 1.56. The van der Waals surface area contributed by atoms with Crippen LogP contribution in [-0.4, -0.2) is 11.9 Å². The van der Waals surface area contributed by atoms with Crippen molar-refractivity contribution in [3.05, 3.63) is 96.1 Å². The molecule has 3 nitrogen and oxygen atoms in total. The number of esters is 2. The Bertz CT molecular complexity index is 1120. The first-order valence-electron chi connectivity index (χ1n) is 8.71. The standard InChI is InChI=1S/C24H14O3/c25-23-19-13-11-17(15-7-3-1-4-8-15)21-18(16-9-5-2-6-10-16)12-14-20(22(19)21)24(26)27-23/h1-14H. The van der Waals surface area contributed by atoms with Crippen LogP contribution >= 0.6 is 0 Å². The topological polar surface area (TPSA) is 43.4 Å². The highest BCUT2D eigenvalue weighted by molar-refractivity contribution is 6.25. The van der Waals surface area contributed by atoms with Gasteiger partial charge < -0.3 is 4.74 Å². The van der Waals surface area contributed by atoms with Gasteiger partial charge in [-0.25, -0.2) is 9.59 Å². The fourth-order valence-electron chi connectivity index (χ4n) is 3.75. The molecular weight excluding hydrogens is 336 g/mol. The third-order valence-corrected chi connectivity index (χ3v) is 4.96. The van der Waals surface area contributed by atoms with Gasteiger partial charge in [-0.3, -0.25) is 0 Å². The van der Waals surface area contributed by atoms with Crippen LogP contribution in [0.2, 0.25) is 0 Å². The highest BCUT2D eigenvalue weighted by atomic mass is 16.6. The number of carbonyl (C=O) groups excluding carboxylic acids is 2. The third-order valence-electron chi connectivity index (χ3n) is 4.96. The van der Waals surface area contributed by atoms with Crippen molar-refractivity contribution in [3.8, 4) is 22.3 Å². The quantitative estimate of drug-likeness (QED) is 0.355. The smallest absolute Gasteiger partial charge is 0.346 e. The van der Waals surface area contributed by atoms with E-state index in [2.05, 4.69) is 0 Å². The fraction of sp³-hybridized carbons (Fsp3) is 0. The predicted molar refractivity (Wildman–Crippen MR) is 105 cm³/mol. The lowest BCUT2D eigenvalue weighted by atomic mass is 9.86. The van der Waals surface area contributed by atoms with Crippen LogP contribution in [0.5, 0.6) is 0 Å². The summed E-state index contributed by atoms with van der Waals surface area (Å²) in [4.78, 5) is 24.7. The lowest BCUT2D eigenvalue weighted by Crippen LogP contribution is -2.19. The van der Waals surface area contributed by atoms with Gasteiger partial charge in [0, 0.05) is 5.39 Å². The second kappa shape index (κ2) is 5.92. The summed E-state index contributed by atoms with van der Waals surface area (Å²) in [7, 11) is 0. The van der Waals surface area contributed by atoms with E-state index in [1.165, 1.54) is 0 Å². The molecule has 0 saturated heterocycles. The number of ether oxygens (including phenoxy) is 1. The Kier molecular flexibility index (Phi) is 3.41. The molecule has 4 aromatic rings. The molecule has 128 valence electrons. The maximum absolute atomic E-state index is 12.3. The summed E-state index contributed by atoms with van der Waals surface area (Å²) >= 11 is 0. The Labute approximate surface area is 155 Å². The molecule has 1 heterocycles. The van der Waals surface area contributed by atoms with Crippen LogP contribution in [0.15, 0.2) is 84.9 Å². The average Bonchev–Trinajstić information content (AvgIpc) is 2.72. The molecule has 27 heavy (non-hydrogen) atoms. The van der Waals surface area contributed by atoms with E-state index in [1.807, 2.05) is 72.8 Å². The van der Waals surface area contributed by atoms with Gasteiger partial charge in [0.15, 0.2) is 0 Å². The molecule has 0 bridgehead atoms. The largest absolute Gasteiger partial charge is 0.386 e. The van der Waals surface area contributed by atoms with E-state index >= 15 is 0 Å². The van der Waals surface area contributed by atoms with E-state index < -0.39 is 11.9 Å². The molecule has 0 aromatic heterocycles. The summed E-state index contributed by atoms with van der Waals surface area (Å²) in [5.74, 6) is -1.19.